The zero-order chi connectivity index (χ0) is 24.8. The highest BCUT2D eigenvalue weighted by Crippen LogP contribution is 2.34. The highest BCUT2D eigenvalue weighted by atomic mass is 16.1. The number of aromatic nitrogens is 6. The van der Waals surface area contributed by atoms with E-state index in [2.05, 4.69) is 52.5 Å². The van der Waals surface area contributed by atoms with Crippen LogP contribution in [0, 0.1) is 5.92 Å². The second-order valence-corrected chi connectivity index (χ2v) is 10.1. The summed E-state index contributed by atoms with van der Waals surface area (Å²) in [7, 11) is 0. The van der Waals surface area contributed by atoms with E-state index in [-0.39, 0.29) is 11.8 Å². The van der Waals surface area contributed by atoms with Gasteiger partial charge in [-0.25, -0.2) is 4.98 Å². The van der Waals surface area contributed by atoms with Crippen LogP contribution in [0.1, 0.15) is 38.5 Å². The fourth-order valence-electron chi connectivity index (χ4n) is 5.39. The highest BCUT2D eigenvalue weighted by molar-refractivity contribution is 5.99. The molecule has 1 saturated carbocycles. The zero-order valence-electron chi connectivity index (χ0n) is 20.5. The van der Waals surface area contributed by atoms with Crippen molar-refractivity contribution in [1.82, 2.24) is 30.1 Å². The van der Waals surface area contributed by atoms with Gasteiger partial charge in [0.15, 0.2) is 0 Å². The van der Waals surface area contributed by atoms with E-state index in [1.54, 1.807) is 18.6 Å². The van der Waals surface area contributed by atoms with Gasteiger partial charge < -0.3 is 15.2 Å². The molecule has 9 heteroatoms. The SMILES string of the molecule is O=C(Nc1cncc(-c2cc3c(-c4cc5c(N6CCCCC6)ccnc5[nH]4)n[nH]c3cn2)c1)C1CCC1. The van der Waals surface area contributed by atoms with Gasteiger partial charge in [-0.15, -0.1) is 0 Å². The predicted molar refractivity (Wildman–Crippen MR) is 144 cm³/mol. The summed E-state index contributed by atoms with van der Waals surface area (Å²) in [5, 5.41) is 12.8. The number of nitrogens with one attached hydrogen (secondary N) is 3. The number of nitrogens with zero attached hydrogens (tertiary/aromatic N) is 5. The first kappa shape index (κ1) is 22.0. The van der Waals surface area contributed by atoms with Gasteiger partial charge >= 0.3 is 0 Å². The quantitative estimate of drug-likeness (QED) is 0.307. The molecule has 0 aromatic carbocycles. The van der Waals surface area contributed by atoms with Crippen LogP contribution in [0.25, 0.3) is 44.6 Å². The molecule has 5 aromatic rings. The summed E-state index contributed by atoms with van der Waals surface area (Å²) in [6, 6.07) is 8.21. The second kappa shape index (κ2) is 8.99. The molecule has 0 radical (unpaired) electrons. The number of anilines is 2. The number of carbonyl (C=O) groups is 1. The molecular formula is C28H28N8O. The maximum absolute atomic E-state index is 12.4. The van der Waals surface area contributed by atoms with Crippen molar-refractivity contribution in [3.05, 3.63) is 49.1 Å². The van der Waals surface area contributed by atoms with E-state index >= 15 is 0 Å². The van der Waals surface area contributed by atoms with Gasteiger partial charge in [0.2, 0.25) is 5.91 Å². The fraction of sp³-hybridized carbons (Fsp3) is 0.321. The maximum atomic E-state index is 12.4. The van der Waals surface area contributed by atoms with Gasteiger partial charge in [0.1, 0.15) is 11.3 Å². The van der Waals surface area contributed by atoms with Crippen molar-refractivity contribution in [2.75, 3.05) is 23.3 Å². The summed E-state index contributed by atoms with van der Waals surface area (Å²) < 4.78 is 0. The molecule has 2 fully saturated rings. The van der Waals surface area contributed by atoms with E-state index in [0.29, 0.717) is 5.69 Å². The first-order valence-corrected chi connectivity index (χ1v) is 13.1. The van der Waals surface area contributed by atoms with Crippen LogP contribution in [0.15, 0.2) is 49.1 Å². The smallest absolute Gasteiger partial charge is 0.227 e. The Morgan fingerprint density at radius 1 is 0.973 bits per heavy atom. The van der Waals surface area contributed by atoms with Crippen LogP contribution in [0.3, 0.4) is 0 Å². The lowest BCUT2D eigenvalue weighted by Crippen LogP contribution is -2.29. The van der Waals surface area contributed by atoms with Gasteiger partial charge in [-0.1, -0.05) is 6.42 Å². The van der Waals surface area contributed by atoms with Crippen molar-refractivity contribution in [1.29, 1.82) is 0 Å². The largest absolute Gasteiger partial charge is 0.371 e. The minimum Gasteiger partial charge on any atom is -0.371 e. The average molecular weight is 493 g/mol. The second-order valence-electron chi connectivity index (χ2n) is 10.1. The van der Waals surface area contributed by atoms with Crippen LogP contribution in [0.4, 0.5) is 11.4 Å². The lowest BCUT2D eigenvalue weighted by molar-refractivity contribution is -0.122. The number of amides is 1. The topological polar surface area (TPSA) is 115 Å². The number of hydrogen-bond donors (Lipinski definition) is 3. The van der Waals surface area contributed by atoms with E-state index in [1.807, 2.05) is 18.3 Å². The van der Waals surface area contributed by atoms with E-state index in [4.69, 9.17) is 0 Å². The van der Waals surface area contributed by atoms with Crippen LogP contribution in [-0.4, -0.2) is 49.1 Å². The molecule has 0 spiro atoms. The van der Waals surface area contributed by atoms with Crippen molar-refractivity contribution in [2.24, 2.45) is 5.92 Å². The van der Waals surface area contributed by atoms with Gasteiger partial charge in [0, 0.05) is 53.4 Å². The molecular weight excluding hydrogens is 464 g/mol. The molecule has 1 aliphatic carbocycles. The number of H-pyrrole nitrogens is 2. The van der Waals surface area contributed by atoms with Gasteiger partial charge in [-0.05, 0) is 56.4 Å². The Morgan fingerprint density at radius 2 is 1.86 bits per heavy atom. The van der Waals surface area contributed by atoms with Crippen molar-refractivity contribution in [2.45, 2.75) is 38.5 Å². The average Bonchev–Trinajstić information content (AvgIpc) is 3.52. The van der Waals surface area contributed by atoms with Crippen molar-refractivity contribution < 1.29 is 4.79 Å². The van der Waals surface area contributed by atoms with Crippen LogP contribution in [0.2, 0.25) is 0 Å². The number of carbonyl (C=O) groups excluding carboxylic acids is 1. The van der Waals surface area contributed by atoms with Crippen LogP contribution >= 0.6 is 0 Å². The molecule has 0 atom stereocenters. The standard InChI is InChI=1S/C28H28N8O/c37-28(17-5-4-6-17)32-19-11-18(14-29-15-19)22-12-20-24(16-31-22)34-35-26(20)23-13-21-25(7-8-30-27(21)33-23)36-9-2-1-3-10-36/h7-8,11-17H,1-6,9-10H2,(H,30,33)(H,32,37)(H,34,35). The van der Waals surface area contributed by atoms with Crippen LogP contribution < -0.4 is 10.2 Å². The minimum absolute atomic E-state index is 0.0714. The van der Waals surface area contributed by atoms with E-state index in [0.717, 1.165) is 76.9 Å². The molecule has 37 heavy (non-hydrogen) atoms. The summed E-state index contributed by atoms with van der Waals surface area (Å²) in [5.41, 5.74) is 6.97. The molecule has 9 nitrogen and oxygen atoms in total. The number of piperidine rings is 1. The summed E-state index contributed by atoms with van der Waals surface area (Å²) in [4.78, 5) is 31.9. The number of aromatic amines is 2. The Morgan fingerprint density at radius 3 is 2.70 bits per heavy atom. The van der Waals surface area contributed by atoms with Crippen molar-refractivity contribution in [3.8, 4) is 22.6 Å². The molecule has 0 bridgehead atoms. The Balaban J connectivity index is 1.23. The molecule has 1 amide bonds. The van der Waals surface area contributed by atoms with E-state index in [1.165, 1.54) is 24.9 Å². The van der Waals surface area contributed by atoms with Crippen molar-refractivity contribution in [3.63, 3.8) is 0 Å². The van der Waals surface area contributed by atoms with Gasteiger partial charge in [-0.2, -0.15) is 5.10 Å². The third-order valence-corrected chi connectivity index (χ3v) is 7.69. The molecule has 3 N–H and O–H groups in total. The van der Waals surface area contributed by atoms with Crippen LogP contribution in [0.5, 0.6) is 0 Å². The molecule has 186 valence electrons. The first-order chi connectivity index (χ1) is 18.2. The third-order valence-electron chi connectivity index (χ3n) is 7.69. The lowest BCUT2D eigenvalue weighted by Gasteiger charge is -2.29. The number of fused-ring (bicyclic) bond motifs is 2. The summed E-state index contributed by atoms with van der Waals surface area (Å²) in [5.74, 6) is 0.190. The maximum Gasteiger partial charge on any atom is 0.227 e. The van der Waals surface area contributed by atoms with Gasteiger partial charge in [0.25, 0.3) is 0 Å². The van der Waals surface area contributed by atoms with E-state index < -0.39 is 0 Å². The monoisotopic (exact) mass is 492 g/mol. The summed E-state index contributed by atoms with van der Waals surface area (Å²) in [6.07, 6.45) is 13.9. The summed E-state index contributed by atoms with van der Waals surface area (Å²) >= 11 is 0. The Bertz CT molecular complexity index is 1610. The first-order valence-electron chi connectivity index (χ1n) is 13.1. The van der Waals surface area contributed by atoms with E-state index in [9.17, 15) is 4.79 Å². The number of hydrogen-bond acceptors (Lipinski definition) is 6. The van der Waals surface area contributed by atoms with Gasteiger partial charge in [0.05, 0.1) is 35.0 Å². The third kappa shape index (κ3) is 4.00. The molecule has 7 rings (SSSR count). The highest BCUT2D eigenvalue weighted by Gasteiger charge is 2.25. The number of rotatable bonds is 5. The molecule has 0 unspecified atom stereocenters. The van der Waals surface area contributed by atoms with Crippen LogP contribution in [-0.2, 0) is 4.79 Å². The Labute approximate surface area is 213 Å². The minimum atomic E-state index is 0.0714. The zero-order valence-corrected chi connectivity index (χ0v) is 20.5. The Hall–Kier alpha value is -4.27. The normalized spacial score (nSPS) is 16.3. The lowest BCUT2D eigenvalue weighted by atomic mass is 9.85. The molecule has 2 aliphatic rings. The molecule has 1 saturated heterocycles. The van der Waals surface area contributed by atoms with Crippen molar-refractivity contribution >= 4 is 39.2 Å². The molecule has 1 aliphatic heterocycles. The number of pyridine rings is 3. The Kier molecular flexibility index (Phi) is 5.34. The molecule has 6 heterocycles. The fourth-order valence-corrected chi connectivity index (χ4v) is 5.39. The predicted octanol–water partition coefficient (Wildman–Crippen LogP) is 5.29. The summed E-state index contributed by atoms with van der Waals surface area (Å²) in [6.45, 7) is 2.16. The van der Waals surface area contributed by atoms with Gasteiger partial charge in [-0.3, -0.25) is 19.9 Å². The molecule has 5 aromatic heterocycles.